The van der Waals surface area contributed by atoms with Crippen LogP contribution in [0.25, 0.3) is 0 Å². The summed E-state index contributed by atoms with van der Waals surface area (Å²) in [6.45, 7) is -0.115. The van der Waals surface area contributed by atoms with Crippen molar-refractivity contribution in [3.05, 3.63) is 6.67 Å². The summed E-state index contributed by atoms with van der Waals surface area (Å²) < 4.78 is 56.8. The van der Waals surface area contributed by atoms with Gasteiger partial charge in [-0.2, -0.15) is 13.2 Å². The molecule has 0 saturated heterocycles. The summed E-state index contributed by atoms with van der Waals surface area (Å²) in [6, 6.07) is 0. The van der Waals surface area contributed by atoms with Crippen LogP contribution < -0.4 is 0 Å². The largest absolute Gasteiger partial charge is 0.391 e. The summed E-state index contributed by atoms with van der Waals surface area (Å²) in [7, 11) is 0. The molecule has 0 spiro atoms. The number of rotatable bonds is 3. The Morgan fingerprint density at radius 2 is 1.80 bits per heavy atom. The second-order valence-electron chi connectivity index (χ2n) is 1.81. The van der Waals surface area contributed by atoms with Gasteiger partial charge >= 0.3 is 6.18 Å². The molecule has 10 heavy (non-hydrogen) atoms. The van der Waals surface area contributed by atoms with Crippen molar-refractivity contribution in [2.24, 2.45) is 0 Å². The Hall–Kier alpha value is -0.350. The Labute approximate surface area is 55.0 Å². The smallest absolute Gasteiger partial charge is 0.247 e. The normalized spacial score (nSPS) is 15.3. The van der Waals surface area contributed by atoms with E-state index in [-0.39, 0.29) is 6.67 Å². The maximum absolute atomic E-state index is 11.9. The molecular weight excluding hydrogens is 155 g/mol. The average Bonchev–Trinajstić information content (AvgIpc) is 1.59. The first kappa shape index (κ1) is 9.65. The van der Waals surface area contributed by atoms with E-state index in [0.717, 1.165) is 0 Å². The standard InChI is InChI=1S/C5H6F5/c6-2-1-4(7)3-5(8,9)10/h2,4H,1,3H2. The molecule has 5 heteroatoms. The fourth-order valence-electron chi connectivity index (χ4n) is 0.431. The van der Waals surface area contributed by atoms with E-state index in [4.69, 9.17) is 0 Å². The first-order valence-electron chi connectivity index (χ1n) is 2.58. The third-order valence-electron chi connectivity index (χ3n) is 0.798. The molecule has 0 aromatic heterocycles. The molecule has 0 aromatic rings. The van der Waals surface area contributed by atoms with Crippen molar-refractivity contribution < 1.29 is 22.0 Å². The highest BCUT2D eigenvalue weighted by molar-refractivity contribution is 4.65. The van der Waals surface area contributed by atoms with Gasteiger partial charge in [0.1, 0.15) is 12.8 Å². The van der Waals surface area contributed by atoms with Crippen LogP contribution >= 0.6 is 0 Å². The molecule has 0 aliphatic carbocycles. The number of hydrogen-bond donors (Lipinski definition) is 0. The van der Waals surface area contributed by atoms with Gasteiger partial charge < -0.3 is 0 Å². The highest BCUT2D eigenvalue weighted by Crippen LogP contribution is 2.24. The summed E-state index contributed by atoms with van der Waals surface area (Å²) in [4.78, 5) is 0. The van der Waals surface area contributed by atoms with Gasteiger partial charge in [-0.3, -0.25) is 0 Å². The van der Waals surface area contributed by atoms with E-state index >= 15 is 0 Å². The minimum atomic E-state index is -4.54. The molecule has 1 radical (unpaired) electrons. The monoisotopic (exact) mass is 161 g/mol. The van der Waals surface area contributed by atoms with E-state index in [1.165, 1.54) is 0 Å². The van der Waals surface area contributed by atoms with Gasteiger partial charge in [0.2, 0.25) is 0 Å². The van der Waals surface area contributed by atoms with Gasteiger partial charge in [-0.15, -0.1) is 0 Å². The van der Waals surface area contributed by atoms with Crippen LogP contribution in [0.2, 0.25) is 0 Å². The van der Waals surface area contributed by atoms with Crippen molar-refractivity contribution in [2.45, 2.75) is 25.2 Å². The molecule has 0 aliphatic rings. The molecule has 0 fully saturated rings. The molecule has 61 valence electrons. The van der Waals surface area contributed by atoms with E-state index in [2.05, 4.69) is 0 Å². The van der Waals surface area contributed by atoms with Gasteiger partial charge in [-0.25, -0.2) is 8.78 Å². The third-order valence-corrected chi connectivity index (χ3v) is 0.798. The molecule has 0 rings (SSSR count). The molecular formula is C5H6F5. The van der Waals surface area contributed by atoms with Crippen LogP contribution in [0.3, 0.4) is 0 Å². The summed E-state index contributed by atoms with van der Waals surface area (Å²) in [5, 5.41) is 0. The zero-order valence-corrected chi connectivity index (χ0v) is 4.96. The van der Waals surface area contributed by atoms with Gasteiger partial charge in [0.05, 0.1) is 6.42 Å². The molecule has 1 atom stereocenters. The van der Waals surface area contributed by atoms with Crippen molar-refractivity contribution in [2.75, 3.05) is 0 Å². The Morgan fingerprint density at radius 1 is 1.30 bits per heavy atom. The SMILES string of the molecule is F[CH]CC(F)CC(F)(F)F. The maximum atomic E-state index is 11.9. The maximum Gasteiger partial charge on any atom is 0.391 e. The first-order chi connectivity index (χ1) is 4.45. The van der Waals surface area contributed by atoms with Gasteiger partial charge in [0, 0.05) is 6.42 Å². The molecule has 0 amide bonds. The van der Waals surface area contributed by atoms with E-state index in [9.17, 15) is 22.0 Å². The molecule has 0 bridgehead atoms. The van der Waals surface area contributed by atoms with Gasteiger partial charge in [0.15, 0.2) is 0 Å². The second kappa shape index (κ2) is 3.73. The number of halogens is 5. The van der Waals surface area contributed by atoms with Crippen LogP contribution in [0.1, 0.15) is 12.8 Å². The van der Waals surface area contributed by atoms with Crippen LogP contribution in [0.15, 0.2) is 0 Å². The van der Waals surface area contributed by atoms with Crippen LogP contribution in [0.5, 0.6) is 0 Å². The Kier molecular flexibility index (Phi) is 3.60. The minimum absolute atomic E-state index is 0.115. The Morgan fingerprint density at radius 3 is 2.10 bits per heavy atom. The van der Waals surface area contributed by atoms with Crippen LogP contribution in [0.4, 0.5) is 22.0 Å². The van der Waals surface area contributed by atoms with Crippen LogP contribution in [-0.2, 0) is 0 Å². The third kappa shape index (κ3) is 5.78. The summed E-state index contributed by atoms with van der Waals surface area (Å²) in [5.41, 5.74) is 0. The van der Waals surface area contributed by atoms with E-state index < -0.39 is 25.2 Å². The lowest BCUT2D eigenvalue weighted by molar-refractivity contribution is -0.146. The van der Waals surface area contributed by atoms with E-state index in [0.29, 0.717) is 0 Å². The summed E-state index contributed by atoms with van der Waals surface area (Å²) in [5.74, 6) is 0. The fraction of sp³-hybridized carbons (Fsp3) is 0.800. The van der Waals surface area contributed by atoms with Gasteiger partial charge in [-0.1, -0.05) is 0 Å². The van der Waals surface area contributed by atoms with Gasteiger partial charge in [-0.05, 0) is 0 Å². The molecule has 0 saturated carbocycles. The predicted octanol–water partition coefficient (Wildman–Crippen LogP) is 2.80. The number of hydrogen-bond acceptors (Lipinski definition) is 0. The lowest BCUT2D eigenvalue weighted by atomic mass is 10.2. The Bertz CT molecular complexity index is 86.5. The zero-order chi connectivity index (χ0) is 8.20. The van der Waals surface area contributed by atoms with Crippen molar-refractivity contribution in [1.29, 1.82) is 0 Å². The molecule has 0 nitrogen and oxygen atoms in total. The molecule has 1 unspecified atom stereocenters. The van der Waals surface area contributed by atoms with E-state index in [1.54, 1.807) is 0 Å². The second-order valence-corrected chi connectivity index (χ2v) is 1.81. The topological polar surface area (TPSA) is 0 Å². The minimum Gasteiger partial charge on any atom is -0.247 e. The van der Waals surface area contributed by atoms with Crippen molar-refractivity contribution in [1.82, 2.24) is 0 Å². The zero-order valence-electron chi connectivity index (χ0n) is 4.96. The first-order valence-corrected chi connectivity index (χ1v) is 2.58. The quantitative estimate of drug-likeness (QED) is 0.558. The van der Waals surface area contributed by atoms with Gasteiger partial charge in [0.25, 0.3) is 0 Å². The van der Waals surface area contributed by atoms with Crippen molar-refractivity contribution >= 4 is 0 Å². The highest BCUT2D eigenvalue weighted by Gasteiger charge is 2.31. The predicted molar refractivity (Wildman–Crippen MR) is 25.6 cm³/mol. The molecule has 0 aromatic carbocycles. The average molecular weight is 161 g/mol. The van der Waals surface area contributed by atoms with E-state index in [1.807, 2.05) is 0 Å². The summed E-state index contributed by atoms with van der Waals surface area (Å²) >= 11 is 0. The molecule has 0 N–H and O–H groups in total. The fourth-order valence-corrected chi connectivity index (χ4v) is 0.431. The van der Waals surface area contributed by atoms with Crippen LogP contribution in [-0.4, -0.2) is 12.3 Å². The highest BCUT2D eigenvalue weighted by atomic mass is 19.4. The van der Waals surface area contributed by atoms with Crippen molar-refractivity contribution in [3.8, 4) is 0 Å². The summed E-state index contributed by atoms with van der Waals surface area (Å²) in [6.07, 6.45) is -9.06. The molecule has 0 heterocycles. The molecule has 0 aliphatic heterocycles. The van der Waals surface area contributed by atoms with Crippen molar-refractivity contribution in [3.63, 3.8) is 0 Å². The van der Waals surface area contributed by atoms with Crippen LogP contribution in [0, 0.1) is 6.67 Å². The Balaban J connectivity index is 3.47. The lowest BCUT2D eigenvalue weighted by Gasteiger charge is -2.07. The number of alkyl halides is 4. The lowest BCUT2D eigenvalue weighted by Crippen LogP contribution is -2.15.